The summed E-state index contributed by atoms with van der Waals surface area (Å²) < 4.78 is 0. The van der Waals surface area contributed by atoms with E-state index in [1.165, 1.54) is 11.3 Å². The molecule has 15 heavy (non-hydrogen) atoms. The molecule has 0 bridgehead atoms. The van der Waals surface area contributed by atoms with E-state index < -0.39 is 0 Å². The summed E-state index contributed by atoms with van der Waals surface area (Å²) in [6.07, 6.45) is 1.10. The molecule has 0 aromatic heterocycles. The summed E-state index contributed by atoms with van der Waals surface area (Å²) in [5.74, 6) is 0. The van der Waals surface area contributed by atoms with Gasteiger partial charge in [0.1, 0.15) is 0 Å². The van der Waals surface area contributed by atoms with E-state index in [1.807, 2.05) is 12.1 Å². The lowest BCUT2D eigenvalue weighted by molar-refractivity contribution is 0.495. The van der Waals surface area contributed by atoms with Gasteiger partial charge in [-0.1, -0.05) is 17.7 Å². The molecule has 0 aliphatic carbocycles. The highest BCUT2D eigenvalue weighted by Crippen LogP contribution is 2.36. The fourth-order valence-corrected chi connectivity index (χ4v) is 2.76. The first-order valence-electron chi connectivity index (χ1n) is 5.11. The van der Waals surface area contributed by atoms with Gasteiger partial charge in [0.05, 0.1) is 0 Å². The van der Waals surface area contributed by atoms with E-state index in [0.717, 1.165) is 31.1 Å². The van der Waals surface area contributed by atoms with E-state index in [1.54, 1.807) is 0 Å². The molecular formula is C11H14Cl2N2. The van der Waals surface area contributed by atoms with Gasteiger partial charge < -0.3 is 10.2 Å². The van der Waals surface area contributed by atoms with Gasteiger partial charge in [-0.3, -0.25) is 0 Å². The van der Waals surface area contributed by atoms with E-state index >= 15 is 0 Å². The number of hydrogen-bond acceptors (Lipinski definition) is 2. The zero-order valence-corrected chi connectivity index (χ0v) is 9.94. The third-order valence-electron chi connectivity index (χ3n) is 3.19. The summed E-state index contributed by atoms with van der Waals surface area (Å²) in [4.78, 5) is 2.48. The van der Waals surface area contributed by atoms with Gasteiger partial charge in [-0.15, -0.1) is 12.4 Å². The Hall–Kier alpha value is -0.440. The molecule has 0 saturated carbocycles. The Kier molecular flexibility index (Phi) is 3.10. The van der Waals surface area contributed by atoms with Crippen LogP contribution < -0.4 is 10.2 Å². The summed E-state index contributed by atoms with van der Waals surface area (Å²) in [5, 5.41) is 4.35. The van der Waals surface area contributed by atoms with Crippen molar-refractivity contribution < 1.29 is 0 Å². The van der Waals surface area contributed by atoms with Crippen molar-refractivity contribution in [2.24, 2.45) is 0 Å². The Morgan fingerprint density at radius 1 is 1.40 bits per heavy atom. The van der Waals surface area contributed by atoms with Gasteiger partial charge in [-0.05, 0) is 24.1 Å². The van der Waals surface area contributed by atoms with Crippen molar-refractivity contribution in [3.63, 3.8) is 0 Å². The van der Waals surface area contributed by atoms with Gasteiger partial charge >= 0.3 is 0 Å². The van der Waals surface area contributed by atoms with Crippen LogP contribution in [-0.4, -0.2) is 25.7 Å². The number of anilines is 1. The molecule has 82 valence electrons. The molecule has 1 saturated heterocycles. The Balaban J connectivity index is 0.000000853. The van der Waals surface area contributed by atoms with Crippen LogP contribution in [0.5, 0.6) is 0 Å². The number of rotatable bonds is 0. The van der Waals surface area contributed by atoms with Crippen LogP contribution in [0.15, 0.2) is 18.2 Å². The summed E-state index contributed by atoms with van der Waals surface area (Å²) in [7, 11) is 0. The highest BCUT2D eigenvalue weighted by molar-refractivity contribution is 6.31. The van der Waals surface area contributed by atoms with Crippen LogP contribution in [-0.2, 0) is 6.42 Å². The second-order valence-corrected chi connectivity index (χ2v) is 4.40. The predicted octanol–water partition coefficient (Wildman–Crippen LogP) is 2.10. The molecule has 0 spiro atoms. The summed E-state index contributed by atoms with van der Waals surface area (Å²) in [6.45, 7) is 3.28. The minimum Gasteiger partial charge on any atom is -0.365 e. The van der Waals surface area contributed by atoms with Crippen molar-refractivity contribution in [3.05, 3.63) is 28.8 Å². The summed E-state index contributed by atoms with van der Waals surface area (Å²) >= 11 is 6.19. The third-order valence-corrected chi connectivity index (χ3v) is 3.55. The van der Waals surface area contributed by atoms with Crippen LogP contribution in [0.3, 0.4) is 0 Å². The van der Waals surface area contributed by atoms with Gasteiger partial charge in [0.25, 0.3) is 0 Å². The number of halogens is 2. The molecule has 1 N–H and O–H groups in total. The number of hydrogen-bond donors (Lipinski definition) is 1. The van der Waals surface area contributed by atoms with Crippen molar-refractivity contribution in [1.82, 2.24) is 5.32 Å². The molecular weight excluding hydrogens is 231 g/mol. The molecule has 1 aromatic rings. The lowest BCUT2D eigenvalue weighted by Crippen LogP contribution is -2.49. The number of fused-ring (bicyclic) bond motifs is 3. The monoisotopic (exact) mass is 244 g/mol. The van der Waals surface area contributed by atoms with Gasteiger partial charge in [-0.25, -0.2) is 0 Å². The highest BCUT2D eigenvalue weighted by atomic mass is 35.5. The number of piperazine rings is 1. The van der Waals surface area contributed by atoms with E-state index in [0.29, 0.717) is 6.04 Å². The molecule has 1 atom stereocenters. The second kappa shape index (κ2) is 4.20. The topological polar surface area (TPSA) is 15.3 Å². The molecule has 0 amide bonds. The van der Waals surface area contributed by atoms with Crippen molar-refractivity contribution >= 4 is 29.7 Å². The molecule has 2 nitrogen and oxygen atoms in total. The molecule has 0 unspecified atom stereocenters. The van der Waals surface area contributed by atoms with E-state index in [-0.39, 0.29) is 12.4 Å². The van der Waals surface area contributed by atoms with Gasteiger partial charge in [0.2, 0.25) is 0 Å². The third kappa shape index (κ3) is 1.71. The molecule has 1 fully saturated rings. The summed E-state index contributed by atoms with van der Waals surface area (Å²) in [6, 6.07) is 6.85. The fraction of sp³-hybridized carbons (Fsp3) is 0.455. The van der Waals surface area contributed by atoms with Crippen LogP contribution >= 0.6 is 24.0 Å². The molecule has 2 heterocycles. The van der Waals surface area contributed by atoms with E-state index in [9.17, 15) is 0 Å². The lowest BCUT2D eigenvalue weighted by Gasteiger charge is -2.32. The maximum Gasteiger partial charge on any atom is 0.0459 e. The minimum absolute atomic E-state index is 0. The van der Waals surface area contributed by atoms with E-state index in [2.05, 4.69) is 16.3 Å². The van der Waals surface area contributed by atoms with Gasteiger partial charge in [-0.2, -0.15) is 0 Å². The largest absolute Gasteiger partial charge is 0.365 e. The smallest absolute Gasteiger partial charge is 0.0459 e. The predicted molar refractivity (Wildman–Crippen MR) is 66.4 cm³/mol. The standard InChI is InChI=1S/C11H13ClN2.ClH/c12-10-2-1-3-11-9(10)6-8-7-13-4-5-14(8)11;/h1-3,8,13H,4-7H2;1H/t8-;/m0./s1. The molecule has 2 aliphatic rings. The maximum atomic E-state index is 6.19. The quantitative estimate of drug-likeness (QED) is 0.753. The fourth-order valence-electron chi connectivity index (χ4n) is 2.51. The van der Waals surface area contributed by atoms with Gasteiger partial charge in [0, 0.05) is 36.4 Å². The molecule has 3 rings (SSSR count). The maximum absolute atomic E-state index is 6.19. The lowest BCUT2D eigenvalue weighted by atomic mass is 10.1. The Morgan fingerprint density at radius 3 is 3.13 bits per heavy atom. The normalized spacial score (nSPS) is 23.0. The average molecular weight is 245 g/mol. The molecule has 1 aromatic carbocycles. The zero-order chi connectivity index (χ0) is 9.54. The van der Waals surface area contributed by atoms with E-state index in [4.69, 9.17) is 11.6 Å². The number of benzene rings is 1. The Labute approximate surface area is 101 Å². The number of nitrogens with zero attached hydrogens (tertiary/aromatic N) is 1. The van der Waals surface area contributed by atoms with Crippen LogP contribution in [0.25, 0.3) is 0 Å². The summed E-state index contributed by atoms with van der Waals surface area (Å²) in [5.41, 5.74) is 2.69. The zero-order valence-electron chi connectivity index (χ0n) is 8.37. The number of nitrogens with one attached hydrogen (secondary N) is 1. The SMILES string of the molecule is Cl.Clc1cccc2c1C[C@H]1CNCCN21. The highest BCUT2D eigenvalue weighted by Gasteiger charge is 2.31. The molecule has 2 aliphatic heterocycles. The Bertz CT molecular complexity index is 368. The average Bonchev–Trinajstić information content (AvgIpc) is 2.59. The van der Waals surface area contributed by atoms with Crippen molar-refractivity contribution in [2.45, 2.75) is 12.5 Å². The van der Waals surface area contributed by atoms with Crippen LogP contribution in [0.2, 0.25) is 5.02 Å². The molecule has 4 heteroatoms. The first kappa shape index (κ1) is 11.1. The van der Waals surface area contributed by atoms with Crippen molar-refractivity contribution in [1.29, 1.82) is 0 Å². The Morgan fingerprint density at radius 2 is 2.27 bits per heavy atom. The van der Waals surface area contributed by atoms with Crippen LogP contribution in [0, 0.1) is 0 Å². The minimum atomic E-state index is 0. The van der Waals surface area contributed by atoms with Crippen molar-refractivity contribution in [3.8, 4) is 0 Å². The van der Waals surface area contributed by atoms with Gasteiger partial charge in [0.15, 0.2) is 0 Å². The van der Waals surface area contributed by atoms with Crippen LogP contribution in [0.1, 0.15) is 5.56 Å². The van der Waals surface area contributed by atoms with Crippen LogP contribution in [0.4, 0.5) is 5.69 Å². The second-order valence-electron chi connectivity index (χ2n) is 3.99. The first-order chi connectivity index (χ1) is 6.86. The van der Waals surface area contributed by atoms with Crippen molar-refractivity contribution in [2.75, 3.05) is 24.5 Å². The first-order valence-corrected chi connectivity index (χ1v) is 5.49. The molecule has 0 radical (unpaired) electrons.